The lowest BCUT2D eigenvalue weighted by Gasteiger charge is -2.16. The van der Waals surface area contributed by atoms with E-state index in [0.29, 0.717) is 0 Å². The SMILES string of the molecule is Clc1nc(-c2ccc(-n3c4ccc5ccccc5c4c4c5sc6ccccc6c5c5ccccc5c43)c3ccccc23)c2sc3ccccc3c2n1. The van der Waals surface area contributed by atoms with Gasteiger partial charge in [-0.05, 0) is 57.4 Å². The van der Waals surface area contributed by atoms with Gasteiger partial charge in [0.2, 0.25) is 5.28 Å². The highest BCUT2D eigenvalue weighted by molar-refractivity contribution is 7.27. The lowest BCUT2D eigenvalue weighted by atomic mass is 9.98. The van der Waals surface area contributed by atoms with Crippen LogP contribution in [0.3, 0.4) is 0 Å². The molecule has 0 saturated carbocycles. The van der Waals surface area contributed by atoms with Crippen LogP contribution in [0.15, 0.2) is 146 Å². The Morgan fingerprint density at radius 2 is 1.10 bits per heavy atom. The van der Waals surface area contributed by atoms with Crippen LogP contribution in [0, 0.1) is 0 Å². The van der Waals surface area contributed by atoms with Crippen LogP contribution in [-0.4, -0.2) is 14.5 Å². The van der Waals surface area contributed by atoms with E-state index in [0.717, 1.165) is 43.3 Å². The van der Waals surface area contributed by atoms with Crippen molar-refractivity contribution < 1.29 is 0 Å². The number of hydrogen-bond acceptors (Lipinski definition) is 4. The Bertz CT molecular complexity index is 3500. The van der Waals surface area contributed by atoms with Gasteiger partial charge < -0.3 is 4.57 Å². The molecule has 4 aromatic heterocycles. The van der Waals surface area contributed by atoms with Crippen molar-refractivity contribution in [1.82, 2.24) is 14.5 Å². The molecule has 3 nitrogen and oxygen atoms in total. The topological polar surface area (TPSA) is 30.7 Å². The summed E-state index contributed by atoms with van der Waals surface area (Å²) in [7, 11) is 0. The predicted octanol–water partition coefficient (Wildman–Crippen LogP) is 14.1. The van der Waals surface area contributed by atoms with E-state index in [1.807, 2.05) is 11.3 Å². The van der Waals surface area contributed by atoms with E-state index in [-0.39, 0.29) is 5.28 Å². The van der Waals surface area contributed by atoms with Crippen molar-refractivity contribution in [3.63, 3.8) is 0 Å². The number of thiophene rings is 2. The first kappa shape index (κ1) is 28.8. The Labute approximate surface area is 309 Å². The van der Waals surface area contributed by atoms with Gasteiger partial charge in [-0.2, -0.15) is 0 Å². The maximum absolute atomic E-state index is 6.68. The van der Waals surface area contributed by atoms with Gasteiger partial charge in [0.15, 0.2) is 0 Å². The number of rotatable bonds is 2. The minimum Gasteiger partial charge on any atom is -0.308 e. The highest BCUT2D eigenvalue weighted by atomic mass is 35.5. The van der Waals surface area contributed by atoms with E-state index >= 15 is 0 Å². The minimum absolute atomic E-state index is 0.257. The molecule has 0 N–H and O–H groups in total. The zero-order valence-corrected chi connectivity index (χ0v) is 29.8. The molecule has 242 valence electrons. The summed E-state index contributed by atoms with van der Waals surface area (Å²) < 4.78 is 7.39. The molecule has 0 aliphatic carbocycles. The van der Waals surface area contributed by atoms with Crippen molar-refractivity contribution in [2.24, 2.45) is 0 Å². The van der Waals surface area contributed by atoms with Gasteiger partial charge in [0.05, 0.1) is 32.6 Å². The molecule has 0 saturated heterocycles. The molecule has 0 spiro atoms. The van der Waals surface area contributed by atoms with Crippen LogP contribution >= 0.6 is 34.3 Å². The van der Waals surface area contributed by atoms with Crippen molar-refractivity contribution in [1.29, 1.82) is 0 Å². The Kier molecular flexibility index (Phi) is 5.87. The predicted molar refractivity (Wildman–Crippen MR) is 225 cm³/mol. The quantitative estimate of drug-likeness (QED) is 0.167. The first-order valence-electron chi connectivity index (χ1n) is 17.3. The zero-order valence-electron chi connectivity index (χ0n) is 27.4. The van der Waals surface area contributed by atoms with Crippen molar-refractivity contribution in [2.75, 3.05) is 0 Å². The average molecular weight is 718 g/mol. The van der Waals surface area contributed by atoms with Gasteiger partial charge in [0.25, 0.3) is 0 Å². The van der Waals surface area contributed by atoms with Crippen LogP contribution < -0.4 is 0 Å². The number of fused-ring (bicyclic) bond motifs is 16. The fourth-order valence-electron chi connectivity index (χ4n) is 8.61. The first-order chi connectivity index (χ1) is 25.7. The molecule has 6 heteroatoms. The lowest BCUT2D eigenvalue weighted by Crippen LogP contribution is -1.98. The van der Waals surface area contributed by atoms with E-state index in [1.54, 1.807) is 11.3 Å². The van der Waals surface area contributed by atoms with Crippen LogP contribution in [-0.2, 0) is 0 Å². The van der Waals surface area contributed by atoms with E-state index < -0.39 is 0 Å². The molecular formula is C46H24ClN3S2. The molecule has 0 atom stereocenters. The van der Waals surface area contributed by atoms with Crippen molar-refractivity contribution in [3.05, 3.63) is 151 Å². The van der Waals surface area contributed by atoms with E-state index in [2.05, 4.69) is 150 Å². The van der Waals surface area contributed by atoms with Crippen molar-refractivity contribution in [3.8, 4) is 16.9 Å². The molecule has 0 amide bonds. The number of nitrogens with zero attached hydrogens (tertiary/aromatic N) is 3. The summed E-state index contributed by atoms with van der Waals surface area (Å²) in [5.74, 6) is 0. The van der Waals surface area contributed by atoms with Crippen LogP contribution in [0.2, 0.25) is 5.28 Å². The highest BCUT2D eigenvalue weighted by Crippen LogP contribution is 2.50. The van der Waals surface area contributed by atoms with Gasteiger partial charge >= 0.3 is 0 Å². The maximum Gasteiger partial charge on any atom is 0.223 e. The number of aromatic nitrogens is 3. The molecule has 0 aliphatic heterocycles. The summed E-state index contributed by atoms with van der Waals surface area (Å²) in [5.41, 5.74) is 6.37. The molecular weight excluding hydrogens is 694 g/mol. The standard InChI is InChI=1S/C46H24ClN3S2/c47-46-48-41(45-42(49-46)33-18-8-10-20-37(33)52-45)30-22-24-34(28-14-4-3-13-27(28)30)50-35-23-21-25-11-1-2-12-26(25)39(35)40-43(50)31-16-6-5-15-29(31)38-32-17-7-9-19-36(32)51-44(38)40/h1-24H. The largest absolute Gasteiger partial charge is 0.308 e. The first-order valence-corrected chi connectivity index (χ1v) is 19.3. The Morgan fingerprint density at radius 1 is 0.462 bits per heavy atom. The summed E-state index contributed by atoms with van der Waals surface area (Å²) in [6, 6.07) is 52.9. The third-order valence-corrected chi connectivity index (χ3v) is 13.2. The third-order valence-electron chi connectivity index (χ3n) is 10.7. The van der Waals surface area contributed by atoms with Crippen LogP contribution in [0.1, 0.15) is 0 Å². The van der Waals surface area contributed by atoms with Gasteiger partial charge in [-0.25, -0.2) is 9.97 Å². The molecule has 0 radical (unpaired) electrons. The van der Waals surface area contributed by atoms with Crippen molar-refractivity contribution in [2.45, 2.75) is 0 Å². The van der Waals surface area contributed by atoms with E-state index in [1.165, 1.54) is 68.2 Å². The van der Waals surface area contributed by atoms with E-state index in [4.69, 9.17) is 21.6 Å². The summed E-state index contributed by atoms with van der Waals surface area (Å²) in [6.45, 7) is 0. The Balaban J connectivity index is 1.27. The summed E-state index contributed by atoms with van der Waals surface area (Å²) >= 11 is 10.3. The Morgan fingerprint density at radius 3 is 1.92 bits per heavy atom. The van der Waals surface area contributed by atoms with Crippen LogP contribution in [0.4, 0.5) is 0 Å². The normalized spacial score (nSPS) is 12.3. The smallest absolute Gasteiger partial charge is 0.223 e. The molecule has 0 aliphatic rings. The molecule has 52 heavy (non-hydrogen) atoms. The molecule has 0 unspecified atom stereocenters. The second-order valence-corrected chi connectivity index (χ2v) is 15.8. The summed E-state index contributed by atoms with van der Waals surface area (Å²) in [4.78, 5) is 9.61. The van der Waals surface area contributed by atoms with Gasteiger partial charge in [-0.15, -0.1) is 22.7 Å². The molecule has 8 aromatic carbocycles. The molecule has 0 fully saturated rings. The molecule has 4 heterocycles. The van der Waals surface area contributed by atoms with Crippen LogP contribution in [0.25, 0.3) is 112 Å². The summed E-state index contributed by atoms with van der Waals surface area (Å²) in [6.07, 6.45) is 0. The fraction of sp³-hybridized carbons (Fsp3) is 0. The second kappa shape index (κ2) is 10.6. The number of hydrogen-bond donors (Lipinski definition) is 0. The molecule has 12 aromatic rings. The fourth-order valence-corrected chi connectivity index (χ4v) is 11.2. The number of halogens is 1. The minimum atomic E-state index is 0.257. The Hall–Kier alpha value is -5.85. The van der Waals surface area contributed by atoms with E-state index in [9.17, 15) is 0 Å². The zero-order chi connectivity index (χ0) is 34.1. The second-order valence-electron chi connectivity index (χ2n) is 13.4. The van der Waals surface area contributed by atoms with Gasteiger partial charge in [0.1, 0.15) is 0 Å². The summed E-state index contributed by atoms with van der Waals surface area (Å²) in [5, 5.41) is 13.9. The van der Waals surface area contributed by atoms with Gasteiger partial charge in [0, 0.05) is 57.4 Å². The number of benzene rings is 8. The maximum atomic E-state index is 6.68. The van der Waals surface area contributed by atoms with Crippen molar-refractivity contribution >= 4 is 129 Å². The lowest BCUT2D eigenvalue weighted by molar-refractivity contribution is 1.20. The third kappa shape index (κ3) is 3.80. The monoisotopic (exact) mass is 717 g/mol. The highest BCUT2D eigenvalue weighted by Gasteiger charge is 2.25. The van der Waals surface area contributed by atoms with Gasteiger partial charge in [-0.3, -0.25) is 0 Å². The molecule has 0 bridgehead atoms. The van der Waals surface area contributed by atoms with Crippen LogP contribution in [0.5, 0.6) is 0 Å². The molecule has 12 rings (SSSR count). The average Bonchev–Trinajstić information content (AvgIpc) is 3.88. The van der Waals surface area contributed by atoms with Gasteiger partial charge in [-0.1, -0.05) is 121 Å².